The Balaban J connectivity index is 1.76. The normalized spacial score (nSPS) is 15.0. The van der Waals surface area contributed by atoms with Crippen LogP contribution in [0.25, 0.3) is 0 Å². The Kier molecular flexibility index (Phi) is 7.31. The predicted molar refractivity (Wildman–Crippen MR) is 123 cm³/mol. The fourth-order valence-electron chi connectivity index (χ4n) is 3.99. The third-order valence-corrected chi connectivity index (χ3v) is 8.58. The first-order chi connectivity index (χ1) is 15.6. The topological polar surface area (TPSA) is 108 Å². The zero-order valence-corrected chi connectivity index (χ0v) is 20.1. The molecule has 0 radical (unpaired) electrons. The average molecular weight is 476 g/mol. The summed E-state index contributed by atoms with van der Waals surface area (Å²) in [6.07, 6.45) is 1.51. The summed E-state index contributed by atoms with van der Waals surface area (Å²) >= 11 is 0. The highest BCUT2D eigenvalue weighted by Crippen LogP contribution is 2.42. The monoisotopic (exact) mass is 475 g/mol. The second kappa shape index (κ2) is 9.82. The number of esters is 1. The second-order valence-electron chi connectivity index (χ2n) is 8.14. The van der Waals surface area contributed by atoms with Crippen molar-refractivity contribution in [3.63, 3.8) is 0 Å². The van der Waals surface area contributed by atoms with Gasteiger partial charge in [-0.05, 0) is 62.1 Å². The Bertz CT molecular complexity index is 1150. The molecule has 0 unspecified atom stereocenters. The molecule has 3 rings (SSSR count). The maximum Gasteiger partial charge on any atom is 0.328 e. The van der Waals surface area contributed by atoms with Crippen molar-refractivity contribution >= 4 is 27.4 Å². The van der Waals surface area contributed by atoms with E-state index >= 15 is 0 Å². The zero-order chi connectivity index (χ0) is 24.2. The smallest absolute Gasteiger partial charge is 0.328 e. The number of carbonyl (C=O) groups excluding carboxylic acids is 2. The van der Waals surface area contributed by atoms with Crippen molar-refractivity contribution in [3.05, 3.63) is 47.5 Å². The highest BCUT2D eigenvalue weighted by atomic mass is 32.2. The van der Waals surface area contributed by atoms with Crippen LogP contribution in [0, 0.1) is 13.8 Å². The van der Waals surface area contributed by atoms with Gasteiger partial charge in [-0.1, -0.05) is 18.9 Å². The number of hydrogen-bond acceptors (Lipinski definition) is 7. The Morgan fingerprint density at radius 3 is 2.27 bits per heavy atom. The fraction of sp³-hybridized carbons (Fsp3) is 0.417. The number of carbonyl (C=O) groups is 2. The minimum absolute atomic E-state index is 0.0943. The number of benzene rings is 2. The van der Waals surface area contributed by atoms with Gasteiger partial charge in [0.1, 0.15) is 11.5 Å². The Labute approximate surface area is 194 Å². The molecule has 9 heteroatoms. The predicted octanol–water partition coefficient (Wildman–Crippen LogP) is 3.59. The maximum atomic E-state index is 13.5. The summed E-state index contributed by atoms with van der Waals surface area (Å²) < 4.78 is 41.0. The van der Waals surface area contributed by atoms with Crippen LogP contribution < -0.4 is 14.8 Å². The van der Waals surface area contributed by atoms with Crippen LogP contribution >= 0.6 is 0 Å². The van der Waals surface area contributed by atoms with Gasteiger partial charge in [0.15, 0.2) is 21.2 Å². The first kappa shape index (κ1) is 24.6. The maximum absolute atomic E-state index is 13.5. The lowest BCUT2D eigenvalue weighted by Gasteiger charge is -2.26. The van der Waals surface area contributed by atoms with E-state index < -0.39 is 33.1 Å². The van der Waals surface area contributed by atoms with E-state index in [1.54, 1.807) is 30.3 Å². The molecular weight excluding hydrogens is 446 g/mol. The fourth-order valence-corrected chi connectivity index (χ4v) is 6.12. The van der Waals surface area contributed by atoms with Crippen molar-refractivity contribution in [2.45, 2.75) is 49.2 Å². The largest absolute Gasteiger partial charge is 0.497 e. The molecule has 0 atom stereocenters. The van der Waals surface area contributed by atoms with Gasteiger partial charge in [0, 0.05) is 6.07 Å². The van der Waals surface area contributed by atoms with Crippen LogP contribution in [0.2, 0.25) is 0 Å². The quantitative estimate of drug-likeness (QED) is 0.581. The molecule has 2 aromatic carbocycles. The van der Waals surface area contributed by atoms with Crippen molar-refractivity contribution in [2.75, 3.05) is 26.1 Å². The van der Waals surface area contributed by atoms with Gasteiger partial charge in [-0.25, -0.2) is 8.42 Å². The van der Waals surface area contributed by atoms with E-state index in [-0.39, 0.29) is 17.7 Å². The van der Waals surface area contributed by atoms with E-state index in [0.717, 1.165) is 11.1 Å². The van der Waals surface area contributed by atoms with Crippen molar-refractivity contribution in [2.24, 2.45) is 0 Å². The van der Waals surface area contributed by atoms with Crippen LogP contribution in [0.3, 0.4) is 0 Å². The van der Waals surface area contributed by atoms with Gasteiger partial charge >= 0.3 is 5.97 Å². The Morgan fingerprint density at radius 2 is 1.67 bits per heavy atom. The minimum atomic E-state index is -4.00. The number of anilines is 1. The first-order valence-electron chi connectivity index (χ1n) is 10.7. The van der Waals surface area contributed by atoms with Crippen molar-refractivity contribution < 1.29 is 32.2 Å². The number of amides is 1. The van der Waals surface area contributed by atoms with Crippen molar-refractivity contribution in [3.8, 4) is 11.5 Å². The average Bonchev–Trinajstić information content (AvgIpc) is 3.31. The number of methoxy groups -OCH3 is 2. The van der Waals surface area contributed by atoms with Gasteiger partial charge in [-0.15, -0.1) is 0 Å². The highest BCUT2D eigenvalue weighted by molar-refractivity contribution is 7.93. The highest BCUT2D eigenvalue weighted by Gasteiger charge is 2.54. The molecule has 1 fully saturated rings. The van der Waals surface area contributed by atoms with Gasteiger partial charge in [0.25, 0.3) is 5.91 Å². The molecule has 1 amide bonds. The number of hydrogen-bond donors (Lipinski definition) is 1. The van der Waals surface area contributed by atoms with Crippen LogP contribution in [-0.4, -0.2) is 45.9 Å². The molecule has 1 aliphatic carbocycles. The third-order valence-electron chi connectivity index (χ3n) is 6.10. The summed E-state index contributed by atoms with van der Waals surface area (Å²) in [7, 11) is -1.04. The van der Waals surface area contributed by atoms with Crippen molar-refractivity contribution in [1.82, 2.24) is 0 Å². The molecule has 0 saturated heterocycles. The molecule has 0 heterocycles. The van der Waals surface area contributed by atoms with Crippen molar-refractivity contribution in [1.29, 1.82) is 0 Å². The lowest BCUT2D eigenvalue weighted by molar-refractivity contribution is -0.149. The third kappa shape index (κ3) is 4.83. The van der Waals surface area contributed by atoms with E-state index in [4.69, 9.17) is 14.2 Å². The Morgan fingerprint density at radius 1 is 0.970 bits per heavy atom. The summed E-state index contributed by atoms with van der Waals surface area (Å²) in [5.74, 6) is -0.576. The summed E-state index contributed by atoms with van der Waals surface area (Å²) in [5.41, 5.74) is 2.16. The van der Waals surface area contributed by atoms with E-state index in [9.17, 15) is 18.0 Å². The molecule has 1 saturated carbocycles. The molecule has 0 aromatic heterocycles. The summed E-state index contributed by atoms with van der Waals surface area (Å²) in [5, 5.41) is 2.61. The molecule has 33 heavy (non-hydrogen) atoms. The summed E-state index contributed by atoms with van der Waals surface area (Å²) in [6.45, 7) is 3.10. The van der Waals surface area contributed by atoms with E-state index in [1.807, 2.05) is 13.8 Å². The molecule has 0 spiro atoms. The van der Waals surface area contributed by atoms with E-state index in [1.165, 1.54) is 20.3 Å². The number of aryl methyl sites for hydroxylation is 2. The summed E-state index contributed by atoms with van der Waals surface area (Å²) in [4.78, 5) is 25.6. The van der Waals surface area contributed by atoms with Gasteiger partial charge in [0.05, 0.1) is 24.8 Å². The van der Waals surface area contributed by atoms with Crippen LogP contribution in [-0.2, 0) is 24.2 Å². The van der Waals surface area contributed by atoms with Gasteiger partial charge in [-0.3, -0.25) is 9.59 Å². The molecular formula is C24H29NO7S. The summed E-state index contributed by atoms with van der Waals surface area (Å²) in [6, 6.07) is 9.68. The van der Waals surface area contributed by atoms with Crippen LogP contribution in [0.4, 0.5) is 5.69 Å². The molecule has 0 bridgehead atoms. The first-order valence-corrected chi connectivity index (χ1v) is 12.1. The van der Waals surface area contributed by atoms with Gasteiger partial charge < -0.3 is 19.5 Å². The van der Waals surface area contributed by atoms with Gasteiger partial charge in [0.2, 0.25) is 0 Å². The zero-order valence-electron chi connectivity index (χ0n) is 19.3. The number of rotatable bonds is 8. The van der Waals surface area contributed by atoms with Crippen LogP contribution in [0.5, 0.6) is 11.5 Å². The SMILES string of the molecule is COc1ccc(NC(=O)COC(=O)C2(S(=O)(=O)c3ccc(C)c(C)c3)CCCC2)c(OC)c1. The van der Waals surface area contributed by atoms with Gasteiger partial charge in [-0.2, -0.15) is 0 Å². The van der Waals surface area contributed by atoms with E-state index in [0.29, 0.717) is 30.0 Å². The molecule has 178 valence electrons. The lowest BCUT2D eigenvalue weighted by atomic mass is 10.1. The molecule has 2 aromatic rings. The van der Waals surface area contributed by atoms with E-state index in [2.05, 4.69) is 5.32 Å². The Hall–Kier alpha value is -3.07. The van der Waals surface area contributed by atoms with Crippen LogP contribution in [0.15, 0.2) is 41.3 Å². The number of ether oxygens (including phenoxy) is 3. The standard InChI is InChI=1S/C24H29NO7S/c1-16-7-9-19(13-17(16)2)33(28,29)24(11-5-6-12-24)23(27)32-15-22(26)25-20-10-8-18(30-3)14-21(20)31-4/h7-10,13-14H,5-6,11-12,15H2,1-4H3,(H,25,26). The molecule has 1 aliphatic rings. The second-order valence-corrected chi connectivity index (χ2v) is 10.4. The minimum Gasteiger partial charge on any atom is -0.497 e. The molecule has 8 nitrogen and oxygen atoms in total. The molecule has 0 aliphatic heterocycles. The number of sulfone groups is 1. The lowest BCUT2D eigenvalue weighted by Crippen LogP contribution is -2.46. The molecule has 1 N–H and O–H groups in total. The van der Waals surface area contributed by atoms with Crippen LogP contribution in [0.1, 0.15) is 36.8 Å². The number of nitrogens with one attached hydrogen (secondary N) is 1.